The van der Waals surface area contributed by atoms with E-state index in [4.69, 9.17) is 0 Å². The molecule has 0 atom stereocenters. The number of alkyl halides is 3. The van der Waals surface area contributed by atoms with Gasteiger partial charge in [-0.15, -0.1) is 0 Å². The molecule has 0 fully saturated rings. The van der Waals surface area contributed by atoms with Gasteiger partial charge in [-0.2, -0.15) is 13.2 Å². The Labute approximate surface area is 112 Å². The molecule has 0 bridgehead atoms. The van der Waals surface area contributed by atoms with Crippen LogP contribution in [0.15, 0.2) is 36.4 Å². The van der Waals surface area contributed by atoms with Gasteiger partial charge in [-0.25, -0.2) is 8.78 Å². The molecule has 0 amide bonds. The summed E-state index contributed by atoms with van der Waals surface area (Å²) in [5.74, 6) is -1.99. The Hall–Kier alpha value is -1.91. The molecule has 0 saturated carbocycles. The summed E-state index contributed by atoms with van der Waals surface area (Å²) in [6.45, 7) is 1.85. The molecular formula is C15H11F5. The van der Waals surface area contributed by atoms with Gasteiger partial charge in [0.25, 0.3) is 0 Å². The van der Waals surface area contributed by atoms with Crippen LogP contribution in [0.3, 0.4) is 0 Å². The first-order valence-electron chi connectivity index (χ1n) is 5.98. The van der Waals surface area contributed by atoms with Crippen molar-refractivity contribution in [3.8, 4) is 11.1 Å². The number of halogens is 5. The maximum atomic E-state index is 13.8. The van der Waals surface area contributed by atoms with Crippen LogP contribution in [0.25, 0.3) is 11.1 Å². The predicted octanol–water partition coefficient (Wildman–Crippen LogP) is 5.21. The second-order valence-electron chi connectivity index (χ2n) is 4.36. The molecule has 2 aromatic carbocycles. The van der Waals surface area contributed by atoms with Crippen LogP contribution < -0.4 is 0 Å². The summed E-state index contributed by atoms with van der Waals surface area (Å²) >= 11 is 0. The van der Waals surface area contributed by atoms with Crippen LogP contribution >= 0.6 is 0 Å². The maximum absolute atomic E-state index is 13.8. The van der Waals surface area contributed by atoms with Crippen LogP contribution in [0.5, 0.6) is 0 Å². The molecule has 0 unspecified atom stereocenters. The lowest BCUT2D eigenvalue weighted by Crippen LogP contribution is -2.07. The highest BCUT2D eigenvalue weighted by Gasteiger charge is 2.34. The Morgan fingerprint density at radius 2 is 1.60 bits per heavy atom. The van der Waals surface area contributed by atoms with E-state index in [0.717, 1.165) is 11.6 Å². The van der Waals surface area contributed by atoms with Gasteiger partial charge in [-0.05, 0) is 35.7 Å². The zero-order valence-electron chi connectivity index (χ0n) is 10.6. The zero-order valence-corrected chi connectivity index (χ0v) is 10.6. The third-order valence-corrected chi connectivity index (χ3v) is 3.03. The zero-order chi connectivity index (χ0) is 14.9. The van der Waals surface area contributed by atoms with Gasteiger partial charge in [-0.1, -0.05) is 25.1 Å². The topological polar surface area (TPSA) is 0 Å². The fourth-order valence-electron chi connectivity index (χ4n) is 1.93. The van der Waals surface area contributed by atoms with Crippen molar-refractivity contribution in [3.05, 3.63) is 59.2 Å². The van der Waals surface area contributed by atoms with Crippen molar-refractivity contribution in [2.24, 2.45) is 0 Å². The third-order valence-electron chi connectivity index (χ3n) is 3.03. The number of rotatable bonds is 2. The lowest BCUT2D eigenvalue weighted by Gasteiger charge is -2.10. The molecule has 0 spiro atoms. The van der Waals surface area contributed by atoms with E-state index >= 15 is 0 Å². The van der Waals surface area contributed by atoms with Gasteiger partial charge >= 0.3 is 6.18 Å². The summed E-state index contributed by atoms with van der Waals surface area (Å²) in [4.78, 5) is 0. The van der Waals surface area contributed by atoms with E-state index in [9.17, 15) is 22.0 Å². The summed E-state index contributed by atoms with van der Waals surface area (Å²) in [6, 6.07) is 6.79. The molecule has 0 radical (unpaired) electrons. The molecule has 0 saturated heterocycles. The van der Waals surface area contributed by atoms with Crippen molar-refractivity contribution in [3.63, 3.8) is 0 Å². The van der Waals surface area contributed by atoms with Crippen LogP contribution in [-0.4, -0.2) is 0 Å². The van der Waals surface area contributed by atoms with E-state index < -0.39 is 23.4 Å². The minimum Gasteiger partial charge on any atom is -0.206 e. The summed E-state index contributed by atoms with van der Waals surface area (Å²) < 4.78 is 64.7. The molecule has 5 heteroatoms. The van der Waals surface area contributed by atoms with Gasteiger partial charge in [0.05, 0.1) is 5.56 Å². The second kappa shape index (κ2) is 5.23. The first kappa shape index (κ1) is 14.5. The average Bonchev–Trinajstić information content (AvgIpc) is 2.36. The molecule has 0 N–H and O–H groups in total. The van der Waals surface area contributed by atoms with Gasteiger partial charge in [0, 0.05) is 5.56 Å². The van der Waals surface area contributed by atoms with Gasteiger partial charge in [0.15, 0.2) is 0 Å². The van der Waals surface area contributed by atoms with Crippen molar-refractivity contribution >= 4 is 0 Å². The van der Waals surface area contributed by atoms with Crippen molar-refractivity contribution in [2.45, 2.75) is 19.5 Å². The largest absolute Gasteiger partial charge is 0.419 e. The first-order valence-corrected chi connectivity index (χ1v) is 5.98. The van der Waals surface area contributed by atoms with Crippen LogP contribution in [0.4, 0.5) is 22.0 Å². The number of benzene rings is 2. The molecule has 0 aromatic heterocycles. The Kier molecular flexibility index (Phi) is 3.79. The molecule has 0 aliphatic heterocycles. The molecule has 20 heavy (non-hydrogen) atoms. The van der Waals surface area contributed by atoms with Gasteiger partial charge in [-0.3, -0.25) is 0 Å². The van der Waals surface area contributed by atoms with Crippen LogP contribution in [0.2, 0.25) is 0 Å². The number of hydrogen-bond acceptors (Lipinski definition) is 0. The molecule has 0 aliphatic rings. The highest BCUT2D eigenvalue weighted by molar-refractivity contribution is 5.65. The van der Waals surface area contributed by atoms with E-state index in [2.05, 4.69) is 0 Å². The van der Waals surface area contributed by atoms with Crippen molar-refractivity contribution in [2.75, 3.05) is 0 Å². The average molecular weight is 286 g/mol. The highest BCUT2D eigenvalue weighted by Crippen LogP contribution is 2.34. The van der Waals surface area contributed by atoms with Crippen molar-refractivity contribution in [1.29, 1.82) is 0 Å². The first-order chi connectivity index (χ1) is 9.32. The maximum Gasteiger partial charge on any atom is 0.419 e. The molecule has 106 valence electrons. The Bertz CT molecular complexity index is 629. The van der Waals surface area contributed by atoms with E-state index in [1.165, 1.54) is 12.1 Å². The van der Waals surface area contributed by atoms with E-state index in [0.29, 0.717) is 18.6 Å². The molecule has 2 rings (SSSR count). The predicted molar refractivity (Wildman–Crippen MR) is 66.2 cm³/mol. The monoisotopic (exact) mass is 286 g/mol. The number of hydrogen-bond donors (Lipinski definition) is 0. The van der Waals surface area contributed by atoms with Crippen LogP contribution in [0.1, 0.15) is 18.1 Å². The normalized spacial score (nSPS) is 11.7. The van der Waals surface area contributed by atoms with Crippen molar-refractivity contribution in [1.82, 2.24) is 0 Å². The lowest BCUT2D eigenvalue weighted by atomic mass is 10.0. The molecular weight excluding hydrogens is 275 g/mol. The number of aryl methyl sites for hydroxylation is 1. The molecule has 0 aliphatic carbocycles. The molecule has 0 heterocycles. The van der Waals surface area contributed by atoms with E-state index in [1.807, 2.05) is 6.92 Å². The minimum absolute atomic E-state index is 0.0785. The fourth-order valence-corrected chi connectivity index (χ4v) is 1.93. The minimum atomic E-state index is -4.76. The van der Waals surface area contributed by atoms with Gasteiger partial charge in [0.2, 0.25) is 0 Å². The van der Waals surface area contributed by atoms with Crippen LogP contribution in [-0.2, 0) is 12.6 Å². The standard InChI is InChI=1S/C15H11F5/c1-2-9-3-5-11(13(16)7-9)10-4-6-12(14(17)8-10)15(18,19)20/h3-8H,2H2,1H3. The smallest absolute Gasteiger partial charge is 0.206 e. The summed E-state index contributed by atoms with van der Waals surface area (Å²) in [6.07, 6.45) is -4.12. The van der Waals surface area contributed by atoms with Gasteiger partial charge < -0.3 is 0 Å². The summed E-state index contributed by atoms with van der Waals surface area (Å²) in [5.41, 5.74) is -0.434. The van der Waals surface area contributed by atoms with E-state index in [1.54, 1.807) is 6.07 Å². The van der Waals surface area contributed by atoms with Gasteiger partial charge in [0.1, 0.15) is 11.6 Å². The summed E-state index contributed by atoms with van der Waals surface area (Å²) in [5, 5.41) is 0. The van der Waals surface area contributed by atoms with Crippen molar-refractivity contribution < 1.29 is 22.0 Å². The molecule has 2 aromatic rings. The molecule has 0 nitrogen and oxygen atoms in total. The Morgan fingerprint density at radius 3 is 2.10 bits per heavy atom. The second-order valence-corrected chi connectivity index (χ2v) is 4.36. The lowest BCUT2D eigenvalue weighted by molar-refractivity contribution is -0.139. The Balaban J connectivity index is 2.47. The summed E-state index contributed by atoms with van der Waals surface area (Å²) in [7, 11) is 0. The highest BCUT2D eigenvalue weighted by atomic mass is 19.4. The van der Waals surface area contributed by atoms with E-state index in [-0.39, 0.29) is 11.1 Å². The Morgan fingerprint density at radius 1 is 0.900 bits per heavy atom. The quantitative estimate of drug-likeness (QED) is 0.664. The van der Waals surface area contributed by atoms with Crippen LogP contribution in [0, 0.1) is 11.6 Å². The fraction of sp³-hybridized carbons (Fsp3) is 0.200. The third kappa shape index (κ3) is 2.81. The SMILES string of the molecule is CCc1ccc(-c2ccc(C(F)(F)F)c(F)c2)c(F)c1.